The molecule has 0 aliphatic carbocycles. The average Bonchev–Trinajstić information content (AvgIpc) is 3.25. The third-order valence-corrected chi connectivity index (χ3v) is 4.39. The molecule has 6 heteroatoms. The van der Waals surface area contributed by atoms with Gasteiger partial charge in [-0.15, -0.1) is 0 Å². The van der Waals surface area contributed by atoms with Crippen LogP contribution < -0.4 is 4.74 Å². The molecule has 3 aromatic rings. The number of benzene rings is 1. The van der Waals surface area contributed by atoms with Crippen molar-refractivity contribution in [2.45, 2.75) is 25.7 Å². The molecule has 0 saturated carbocycles. The van der Waals surface area contributed by atoms with Crippen LogP contribution in [-0.4, -0.2) is 31.8 Å². The van der Waals surface area contributed by atoms with E-state index in [4.69, 9.17) is 4.74 Å². The minimum absolute atomic E-state index is 0.233. The molecule has 118 valence electrons. The quantitative estimate of drug-likeness (QED) is 0.804. The zero-order valence-electron chi connectivity index (χ0n) is 13.0. The van der Waals surface area contributed by atoms with Gasteiger partial charge >= 0.3 is 0 Å². The van der Waals surface area contributed by atoms with Crippen molar-refractivity contribution in [3.63, 3.8) is 0 Å². The number of H-pyrrole nitrogens is 1. The van der Waals surface area contributed by atoms with Crippen LogP contribution in [0.5, 0.6) is 5.75 Å². The van der Waals surface area contributed by atoms with Gasteiger partial charge in [0.1, 0.15) is 11.6 Å². The van der Waals surface area contributed by atoms with E-state index in [1.54, 1.807) is 13.3 Å². The second-order valence-electron chi connectivity index (χ2n) is 5.74. The maximum absolute atomic E-state index is 5.58. The van der Waals surface area contributed by atoms with E-state index in [0.29, 0.717) is 0 Å². The van der Waals surface area contributed by atoms with E-state index in [9.17, 15) is 0 Å². The van der Waals surface area contributed by atoms with Crippen molar-refractivity contribution in [2.24, 2.45) is 0 Å². The third-order valence-electron chi connectivity index (χ3n) is 4.39. The molecule has 0 unspecified atom stereocenters. The SMILES string of the molecule is COc1ccccc1[C@@H]1Cn2ccnc2CN1Cc1ccn[nH]1. The molecule has 1 atom stereocenters. The van der Waals surface area contributed by atoms with Crippen molar-refractivity contribution in [3.8, 4) is 5.75 Å². The third kappa shape index (κ3) is 2.61. The van der Waals surface area contributed by atoms with Gasteiger partial charge in [0.2, 0.25) is 0 Å². The number of hydrogen-bond acceptors (Lipinski definition) is 4. The summed E-state index contributed by atoms with van der Waals surface area (Å²) < 4.78 is 7.80. The summed E-state index contributed by atoms with van der Waals surface area (Å²) in [5.74, 6) is 2.02. The predicted molar refractivity (Wildman–Crippen MR) is 85.8 cm³/mol. The number of methoxy groups -OCH3 is 1. The Morgan fingerprint density at radius 2 is 2.17 bits per heavy atom. The topological polar surface area (TPSA) is 59.0 Å². The van der Waals surface area contributed by atoms with E-state index in [1.807, 2.05) is 30.6 Å². The summed E-state index contributed by atoms with van der Waals surface area (Å²) in [6.07, 6.45) is 5.71. The van der Waals surface area contributed by atoms with E-state index in [-0.39, 0.29) is 6.04 Å². The second kappa shape index (κ2) is 5.89. The standard InChI is InChI=1S/C17H19N5O/c1-23-16-5-3-2-4-14(16)15-11-21-9-8-18-17(21)12-22(15)10-13-6-7-19-20-13/h2-9,15H,10-12H2,1H3,(H,19,20)/t15-/m0/s1. The Hall–Kier alpha value is -2.60. The number of nitrogens with zero attached hydrogens (tertiary/aromatic N) is 4. The normalized spacial score (nSPS) is 17.9. The number of imidazole rings is 1. The zero-order chi connectivity index (χ0) is 15.6. The fraction of sp³-hybridized carbons (Fsp3) is 0.294. The minimum Gasteiger partial charge on any atom is -0.496 e. The highest BCUT2D eigenvalue weighted by Crippen LogP contribution is 2.35. The first-order valence-corrected chi connectivity index (χ1v) is 7.70. The van der Waals surface area contributed by atoms with Crippen molar-refractivity contribution in [3.05, 3.63) is 66.0 Å². The van der Waals surface area contributed by atoms with Gasteiger partial charge in [-0.1, -0.05) is 18.2 Å². The average molecular weight is 309 g/mol. The summed E-state index contributed by atoms with van der Waals surface area (Å²) in [5.41, 5.74) is 2.30. The molecule has 23 heavy (non-hydrogen) atoms. The first kappa shape index (κ1) is 14.0. The predicted octanol–water partition coefficient (Wildman–Crippen LogP) is 2.37. The largest absolute Gasteiger partial charge is 0.496 e. The number of rotatable bonds is 4. The first-order valence-electron chi connectivity index (χ1n) is 7.70. The molecule has 2 aromatic heterocycles. The maximum atomic E-state index is 5.58. The van der Waals surface area contributed by atoms with Crippen molar-refractivity contribution < 1.29 is 4.74 Å². The van der Waals surface area contributed by atoms with Crippen molar-refractivity contribution in [1.29, 1.82) is 0 Å². The van der Waals surface area contributed by atoms with Gasteiger partial charge in [0.15, 0.2) is 0 Å². The number of ether oxygens (including phenoxy) is 1. The summed E-state index contributed by atoms with van der Waals surface area (Å²) in [6.45, 7) is 2.47. The lowest BCUT2D eigenvalue weighted by Crippen LogP contribution is -2.37. The Morgan fingerprint density at radius 3 is 3.00 bits per heavy atom. The summed E-state index contributed by atoms with van der Waals surface area (Å²) >= 11 is 0. The Kier molecular flexibility index (Phi) is 3.59. The molecule has 1 aliphatic heterocycles. The first-order chi connectivity index (χ1) is 11.3. The summed E-state index contributed by atoms with van der Waals surface area (Å²) in [4.78, 5) is 6.88. The highest BCUT2D eigenvalue weighted by atomic mass is 16.5. The van der Waals surface area contributed by atoms with E-state index >= 15 is 0 Å². The Morgan fingerprint density at radius 1 is 1.26 bits per heavy atom. The van der Waals surface area contributed by atoms with Crippen molar-refractivity contribution >= 4 is 0 Å². The lowest BCUT2D eigenvalue weighted by molar-refractivity contribution is 0.124. The van der Waals surface area contributed by atoms with Crippen LogP contribution in [-0.2, 0) is 19.6 Å². The second-order valence-corrected chi connectivity index (χ2v) is 5.74. The molecule has 0 bridgehead atoms. The van der Waals surface area contributed by atoms with Crippen LogP contribution >= 0.6 is 0 Å². The summed E-state index contributed by atoms with van der Waals surface area (Å²) in [7, 11) is 1.73. The number of fused-ring (bicyclic) bond motifs is 1. The van der Waals surface area contributed by atoms with Gasteiger partial charge in [-0.05, 0) is 12.1 Å². The van der Waals surface area contributed by atoms with E-state index in [0.717, 1.165) is 36.9 Å². The summed E-state index contributed by atoms with van der Waals surface area (Å²) in [6, 6.07) is 10.5. The van der Waals surface area contributed by atoms with Gasteiger partial charge in [0.05, 0.1) is 19.7 Å². The van der Waals surface area contributed by atoms with E-state index in [2.05, 4.69) is 36.8 Å². The van der Waals surface area contributed by atoms with Crippen molar-refractivity contribution in [2.75, 3.05) is 7.11 Å². The zero-order valence-corrected chi connectivity index (χ0v) is 13.0. The molecule has 6 nitrogen and oxygen atoms in total. The number of aromatic nitrogens is 4. The minimum atomic E-state index is 0.233. The fourth-order valence-corrected chi connectivity index (χ4v) is 3.25. The molecule has 0 saturated heterocycles. The Bertz CT molecular complexity index is 780. The number of aromatic amines is 1. The van der Waals surface area contributed by atoms with Gasteiger partial charge in [0, 0.05) is 42.9 Å². The van der Waals surface area contributed by atoms with Crippen LogP contribution in [0.25, 0.3) is 0 Å². The van der Waals surface area contributed by atoms with Crippen LogP contribution in [0.15, 0.2) is 48.9 Å². The van der Waals surface area contributed by atoms with Crippen LogP contribution in [0.2, 0.25) is 0 Å². The van der Waals surface area contributed by atoms with E-state index < -0.39 is 0 Å². The molecule has 0 radical (unpaired) electrons. The number of hydrogen-bond donors (Lipinski definition) is 1. The van der Waals surface area contributed by atoms with Crippen LogP contribution in [0.3, 0.4) is 0 Å². The molecule has 0 spiro atoms. The van der Waals surface area contributed by atoms with Gasteiger partial charge in [-0.3, -0.25) is 10.00 Å². The fourth-order valence-electron chi connectivity index (χ4n) is 3.25. The molecule has 4 rings (SSSR count). The summed E-state index contributed by atoms with van der Waals surface area (Å²) in [5, 5.41) is 7.11. The molecule has 0 fully saturated rings. The molecule has 0 amide bonds. The molecule has 1 aliphatic rings. The van der Waals surface area contributed by atoms with Gasteiger partial charge < -0.3 is 9.30 Å². The lowest BCUT2D eigenvalue weighted by Gasteiger charge is -2.36. The van der Waals surface area contributed by atoms with Crippen LogP contribution in [0.1, 0.15) is 23.1 Å². The Balaban J connectivity index is 1.71. The van der Waals surface area contributed by atoms with Gasteiger partial charge in [0.25, 0.3) is 0 Å². The van der Waals surface area contributed by atoms with Gasteiger partial charge in [-0.2, -0.15) is 5.10 Å². The van der Waals surface area contributed by atoms with Crippen LogP contribution in [0, 0.1) is 0 Å². The smallest absolute Gasteiger partial charge is 0.123 e. The highest BCUT2D eigenvalue weighted by Gasteiger charge is 2.30. The molecular formula is C17H19N5O. The lowest BCUT2D eigenvalue weighted by atomic mass is 10.0. The van der Waals surface area contributed by atoms with Crippen LogP contribution in [0.4, 0.5) is 0 Å². The molecule has 1 aromatic carbocycles. The highest BCUT2D eigenvalue weighted by molar-refractivity contribution is 5.36. The molecule has 1 N–H and O–H groups in total. The monoisotopic (exact) mass is 309 g/mol. The Labute approximate surface area is 134 Å². The maximum Gasteiger partial charge on any atom is 0.123 e. The molecular weight excluding hydrogens is 290 g/mol. The number of para-hydroxylation sites is 1. The van der Waals surface area contributed by atoms with Gasteiger partial charge in [-0.25, -0.2) is 4.98 Å². The van der Waals surface area contributed by atoms with Crippen molar-refractivity contribution in [1.82, 2.24) is 24.6 Å². The molecule has 3 heterocycles. The van der Waals surface area contributed by atoms with E-state index in [1.165, 1.54) is 5.56 Å². The number of nitrogens with one attached hydrogen (secondary N) is 1.